The molecule has 0 saturated heterocycles. The Morgan fingerprint density at radius 2 is 1.35 bits per heavy atom. The van der Waals surface area contributed by atoms with Gasteiger partial charge < -0.3 is 15.7 Å². The monoisotopic (exact) mass is 550 g/mol. The van der Waals surface area contributed by atoms with Gasteiger partial charge in [-0.25, -0.2) is 9.18 Å². The molecule has 0 radical (unpaired) electrons. The number of carboxylic acids is 1. The third kappa shape index (κ3) is 5.87. The maximum atomic E-state index is 14.2. The predicted octanol–water partition coefficient (Wildman–Crippen LogP) is 7.40. The van der Waals surface area contributed by atoms with Crippen molar-refractivity contribution < 1.29 is 23.9 Å². The predicted molar refractivity (Wildman–Crippen MR) is 155 cm³/mol. The largest absolute Gasteiger partial charge is 0.478 e. The van der Waals surface area contributed by atoms with Crippen LogP contribution < -0.4 is 10.6 Å². The molecule has 40 heavy (non-hydrogen) atoms. The number of carboxylic acid groups (broad SMARTS) is 1. The van der Waals surface area contributed by atoms with E-state index >= 15 is 0 Å². The summed E-state index contributed by atoms with van der Waals surface area (Å²) in [4.78, 5) is 38.9. The highest BCUT2D eigenvalue weighted by atomic mass is 32.2. The first-order chi connectivity index (χ1) is 19.4. The number of halogens is 1. The smallest absolute Gasteiger partial charge is 0.336 e. The molecule has 1 unspecified atom stereocenters. The van der Waals surface area contributed by atoms with Crippen molar-refractivity contribution in [2.45, 2.75) is 10.1 Å². The third-order valence-corrected chi connectivity index (χ3v) is 7.48. The molecule has 5 aromatic carbocycles. The second-order valence-electron chi connectivity index (χ2n) is 8.87. The zero-order valence-electron chi connectivity index (χ0n) is 21.0. The molecule has 0 aromatic heterocycles. The molecule has 0 aliphatic rings. The molecule has 2 amide bonds. The Morgan fingerprint density at radius 3 is 2.02 bits per heavy atom. The lowest BCUT2D eigenvalue weighted by atomic mass is 9.98. The molecule has 0 heterocycles. The van der Waals surface area contributed by atoms with Crippen LogP contribution in [0.15, 0.2) is 120 Å². The number of aromatic carboxylic acids is 1. The van der Waals surface area contributed by atoms with Gasteiger partial charge in [-0.05, 0) is 59.5 Å². The van der Waals surface area contributed by atoms with Crippen molar-refractivity contribution in [3.05, 3.63) is 138 Å². The molecule has 0 saturated carbocycles. The first-order valence-corrected chi connectivity index (χ1v) is 13.2. The molecule has 5 rings (SSSR count). The average molecular weight is 551 g/mol. The number of benzene rings is 5. The fourth-order valence-electron chi connectivity index (χ4n) is 4.32. The minimum atomic E-state index is -1.11. The zero-order chi connectivity index (χ0) is 28.1. The summed E-state index contributed by atoms with van der Waals surface area (Å²) >= 11 is 1.29. The SMILES string of the molecule is O=C(O)c1cccc2cccc(C(=O)Nc3ccc(SC(C(=O)Nc4ccccc4F)c4ccccc4)cc3)c12. The van der Waals surface area contributed by atoms with Crippen molar-refractivity contribution in [1.82, 2.24) is 0 Å². The number of hydrogen-bond acceptors (Lipinski definition) is 4. The second kappa shape index (κ2) is 11.8. The summed E-state index contributed by atoms with van der Waals surface area (Å²) in [6, 6.07) is 32.1. The van der Waals surface area contributed by atoms with Gasteiger partial charge in [-0.1, -0.05) is 66.7 Å². The van der Waals surface area contributed by atoms with Gasteiger partial charge in [0.2, 0.25) is 5.91 Å². The molecule has 0 spiro atoms. The molecule has 0 aliphatic heterocycles. The van der Waals surface area contributed by atoms with Crippen LogP contribution in [0, 0.1) is 5.82 Å². The fraction of sp³-hybridized carbons (Fsp3) is 0.0312. The lowest BCUT2D eigenvalue weighted by Gasteiger charge is -2.18. The van der Waals surface area contributed by atoms with Crippen molar-refractivity contribution in [3.63, 3.8) is 0 Å². The van der Waals surface area contributed by atoms with Crippen molar-refractivity contribution in [2.75, 3.05) is 10.6 Å². The van der Waals surface area contributed by atoms with E-state index in [9.17, 15) is 23.9 Å². The number of thioether (sulfide) groups is 1. The Labute approximate surface area is 233 Å². The number of carbonyl (C=O) groups is 3. The van der Waals surface area contributed by atoms with Crippen LogP contribution in [0.25, 0.3) is 10.8 Å². The van der Waals surface area contributed by atoms with Crippen LogP contribution in [0.3, 0.4) is 0 Å². The molecule has 8 heteroatoms. The van der Waals surface area contributed by atoms with E-state index in [4.69, 9.17) is 0 Å². The summed E-state index contributed by atoms with van der Waals surface area (Å²) < 4.78 is 14.2. The van der Waals surface area contributed by atoms with Gasteiger partial charge in [-0.3, -0.25) is 9.59 Å². The van der Waals surface area contributed by atoms with Gasteiger partial charge in [0.15, 0.2) is 0 Å². The second-order valence-corrected chi connectivity index (χ2v) is 10.0. The van der Waals surface area contributed by atoms with Crippen LogP contribution in [0.2, 0.25) is 0 Å². The molecule has 5 aromatic rings. The third-order valence-electron chi connectivity index (χ3n) is 6.22. The number of nitrogens with one attached hydrogen (secondary N) is 2. The van der Waals surface area contributed by atoms with E-state index in [1.54, 1.807) is 66.7 Å². The van der Waals surface area contributed by atoms with Crippen LogP contribution in [0.5, 0.6) is 0 Å². The quantitative estimate of drug-likeness (QED) is 0.175. The summed E-state index contributed by atoms with van der Waals surface area (Å²) in [5.41, 5.74) is 1.67. The molecule has 0 bridgehead atoms. The number of fused-ring (bicyclic) bond motifs is 1. The van der Waals surface area contributed by atoms with Gasteiger partial charge in [0.05, 0.1) is 11.3 Å². The number of carbonyl (C=O) groups excluding carboxylic acids is 2. The van der Waals surface area contributed by atoms with E-state index in [-0.39, 0.29) is 22.7 Å². The van der Waals surface area contributed by atoms with E-state index in [0.29, 0.717) is 16.5 Å². The molecule has 3 N–H and O–H groups in total. The first kappa shape index (κ1) is 26.6. The summed E-state index contributed by atoms with van der Waals surface area (Å²) in [5, 5.41) is 15.5. The van der Waals surface area contributed by atoms with Gasteiger partial charge in [-0.15, -0.1) is 11.8 Å². The summed E-state index contributed by atoms with van der Waals surface area (Å²) in [5.74, 6) is -2.44. The van der Waals surface area contributed by atoms with Crippen LogP contribution in [0.1, 0.15) is 31.5 Å². The Kier molecular flexibility index (Phi) is 7.89. The molecular formula is C32H23FN2O4S. The number of hydrogen-bond donors (Lipinski definition) is 3. The van der Waals surface area contributed by atoms with Crippen LogP contribution in [0.4, 0.5) is 15.8 Å². The average Bonchev–Trinajstić information content (AvgIpc) is 2.97. The lowest BCUT2D eigenvalue weighted by molar-refractivity contribution is -0.115. The Morgan fingerprint density at radius 1 is 0.700 bits per heavy atom. The maximum absolute atomic E-state index is 14.2. The molecule has 1 atom stereocenters. The van der Waals surface area contributed by atoms with Crippen LogP contribution in [-0.4, -0.2) is 22.9 Å². The van der Waals surface area contributed by atoms with E-state index in [1.165, 1.54) is 30.0 Å². The summed E-state index contributed by atoms with van der Waals surface area (Å²) in [6.45, 7) is 0. The van der Waals surface area contributed by atoms with Crippen molar-refractivity contribution in [3.8, 4) is 0 Å². The number of rotatable bonds is 8. The van der Waals surface area contributed by atoms with Crippen molar-refractivity contribution in [2.24, 2.45) is 0 Å². The molecule has 0 fully saturated rings. The van der Waals surface area contributed by atoms with E-state index in [0.717, 1.165) is 10.5 Å². The Balaban J connectivity index is 1.35. The molecule has 198 valence electrons. The standard InChI is InChI=1S/C32H23FN2O4S/c33-26-14-4-5-15-27(26)35-31(37)29(21-8-2-1-3-9-21)40-23-18-16-22(17-19-23)34-30(36)24-12-6-10-20-11-7-13-25(28(20)24)32(38)39/h1-19,29H,(H,34,36)(H,35,37)(H,38,39). The summed E-state index contributed by atoms with van der Waals surface area (Å²) in [7, 11) is 0. The fourth-order valence-corrected chi connectivity index (χ4v) is 5.35. The number of anilines is 2. The van der Waals surface area contributed by atoms with Gasteiger partial charge in [-0.2, -0.15) is 0 Å². The van der Waals surface area contributed by atoms with Gasteiger partial charge in [0, 0.05) is 21.5 Å². The zero-order valence-corrected chi connectivity index (χ0v) is 21.8. The molecule has 0 aliphatic carbocycles. The van der Waals surface area contributed by atoms with Gasteiger partial charge in [0.1, 0.15) is 11.1 Å². The van der Waals surface area contributed by atoms with Crippen molar-refractivity contribution in [1.29, 1.82) is 0 Å². The van der Waals surface area contributed by atoms with Crippen molar-refractivity contribution >= 4 is 51.7 Å². The van der Waals surface area contributed by atoms with E-state index in [1.807, 2.05) is 30.3 Å². The lowest BCUT2D eigenvalue weighted by Crippen LogP contribution is -2.19. The Bertz CT molecular complexity index is 1700. The highest BCUT2D eigenvalue weighted by Crippen LogP contribution is 2.37. The summed E-state index contributed by atoms with van der Waals surface area (Å²) in [6.07, 6.45) is 0. The number of amides is 2. The number of para-hydroxylation sites is 1. The van der Waals surface area contributed by atoms with Crippen LogP contribution >= 0.6 is 11.8 Å². The van der Waals surface area contributed by atoms with Gasteiger partial charge >= 0.3 is 5.97 Å². The highest BCUT2D eigenvalue weighted by molar-refractivity contribution is 8.00. The van der Waals surface area contributed by atoms with E-state index < -0.39 is 22.9 Å². The maximum Gasteiger partial charge on any atom is 0.336 e. The topological polar surface area (TPSA) is 95.5 Å². The minimum absolute atomic E-state index is 0.0515. The normalized spacial score (nSPS) is 11.5. The Hall–Kier alpha value is -4.95. The van der Waals surface area contributed by atoms with Gasteiger partial charge in [0.25, 0.3) is 5.91 Å². The first-order valence-electron chi connectivity index (χ1n) is 12.3. The highest BCUT2D eigenvalue weighted by Gasteiger charge is 2.23. The minimum Gasteiger partial charge on any atom is -0.478 e. The van der Waals surface area contributed by atoms with E-state index in [2.05, 4.69) is 10.6 Å². The van der Waals surface area contributed by atoms with Crippen LogP contribution in [-0.2, 0) is 4.79 Å². The molecular weight excluding hydrogens is 527 g/mol. The molecule has 6 nitrogen and oxygen atoms in total.